The Kier molecular flexibility index (Phi) is 3.11. The van der Waals surface area contributed by atoms with Crippen molar-refractivity contribution in [3.63, 3.8) is 0 Å². The molecule has 1 aromatic carbocycles. The highest BCUT2D eigenvalue weighted by Gasteiger charge is 2.28. The number of benzene rings is 1. The fourth-order valence-electron chi connectivity index (χ4n) is 2.38. The molecule has 0 bridgehead atoms. The van der Waals surface area contributed by atoms with Crippen molar-refractivity contribution in [3.05, 3.63) is 40.8 Å². The lowest BCUT2D eigenvalue weighted by Gasteiger charge is -2.10. The van der Waals surface area contributed by atoms with Gasteiger partial charge in [-0.3, -0.25) is 0 Å². The van der Waals surface area contributed by atoms with E-state index >= 15 is 0 Å². The molecule has 0 amide bonds. The van der Waals surface area contributed by atoms with Crippen molar-refractivity contribution >= 4 is 11.6 Å². The molecule has 21 heavy (non-hydrogen) atoms. The van der Waals surface area contributed by atoms with Crippen molar-refractivity contribution < 1.29 is 4.74 Å². The highest BCUT2D eigenvalue weighted by molar-refractivity contribution is 6.30. The molecule has 0 saturated heterocycles. The lowest BCUT2D eigenvalue weighted by atomic mass is 10.1. The summed E-state index contributed by atoms with van der Waals surface area (Å²) in [5.41, 5.74) is 2.95. The second-order valence-corrected chi connectivity index (χ2v) is 6.32. The third-order valence-electron chi connectivity index (χ3n) is 4.00. The first-order valence-corrected chi connectivity index (χ1v) is 7.89. The Morgan fingerprint density at radius 3 is 2.38 bits per heavy atom. The van der Waals surface area contributed by atoms with Gasteiger partial charge >= 0.3 is 0 Å². The molecule has 108 valence electrons. The first-order valence-electron chi connectivity index (χ1n) is 7.52. The highest BCUT2D eigenvalue weighted by atomic mass is 35.5. The standard InChI is InChI=1S/C17H17ClN2O/c1-10-15(19-17(12-2-3-12)20-16(10)18)11-4-6-13(7-5-11)21-14-8-9-14/h4-7,12,14H,2-3,8-9H2,1H3. The Balaban J connectivity index is 1.67. The highest BCUT2D eigenvalue weighted by Crippen LogP contribution is 2.40. The topological polar surface area (TPSA) is 35.0 Å². The Morgan fingerprint density at radius 2 is 1.76 bits per heavy atom. The van der Waals surface area contributed by atoms with Crippen LogP contribution in [0.1, 0.15) is 43.0 Å². The molecule has 3 nitrogen and oxygen atoms in total. The maximum atomic E-state index is 6.27. The summed E-state index contributed by atoms with van der Waals surface area (Å²) in [5.74, 6) is 2.32. The van der Waals surface area contributed by atoms with Crippen LogP contribution in [0.15, 0.2) is 24.3 Å². The van der Waals surface area contributed by atoms with Gasteiger partial charge in [0, 0.05) is 17.0 Å². The summed E-state index contributed by atoms with van der Waals surface area (Å²) in [7, 11) is 0. The molecule has 2 fully saturated rings. The summed E-state index contributed by atoms with van der Waals surface area (Å²) in [6.07, 6.45) is 5.12. The second-order valence-electron chi connectivity index (χ2n) is 5.96. The maximum absolute atomic E-state index is 6.27. The number of halogens is 1. The lowest BCUT2D eigenvalue weighted by Crippen LogP contribution is -2.00. The molecule has 2 aromatic rings. The number of hydrogen-bond donors (Lipinski definition) is 0. The fourth-order valence-corrected chi connectivity index (χ4v) is 2.56. The molecular formula is C17H17ClN2O. The summed E-state index contributed by atoms with van der Waals surface area (Å²) >= 11 is 6.27. The van der Waals surface area contributed by atoms with E-state index in [1.54, 1.807) is 0 Å². The van der Waals surface area contributed by atoms with E-state index in [1.807, 2.05) is 19.1 Å². The normalized spacial score (nSPS) is 17.8. The number of aromatic nitrogens is 2. The quantitative estimate of drug-likeness (QED) is 0.778. The average Bonchev–Trinajstić information content (AvgIpc) is 3.36. The van der Waals surface area contributed by atoms with Crippen molar-refractivity contribution in [1.29, 1.82) is 0 Å². The number of ether oxygens (including phenoxy) is 1. The summed E-state index contributed by atoms with van der Waals surface area (Å²) in [5, 5.41) is 0.570. The molecule has 1 heterocycles. The molecule has 0 atom stereocenters. The fraction of sp³-hybridized carbons (Fsp3) is 0.412. The van der Waals surface area contributed by atoms with Crippen molar-refractivity contribution in [1.82, 2.24) is 9.97 Å². The van der Waals surface area contributed by atoms with Gasteiger partial charge in [-0.1, -0.05) is 11.6 Å². The van der Waals surface area contributed by atoms with Gasteiger partial charge in [-0.25, -0.2) is 9.97 Å². The van der Waals surface area contributed by atoms with Crippen LogP contribution in [0.3, 0.4) is 0 Å². The Hall–Kier alpha value is -1.61. The Labute approximate surface area is 129 Å². The first-order chi connectivity index (χ1) is 10.2. The zero-order chi connectivity index (χ0) is 14.4. The summed E-state index contributed by atoms with van der Waals surface area (Å²) in [6, 6.07) is 8.14. The van der Waals surface area contributed by atoms with E-state index in [0.717, 1.165) is 28.4 Å². The molecule has 2 saturated carbocycles. The minimum Gasteiger partial charge on any atom is -0.490 e. The van der Waals surface area contributed by atoms with Gasteiger partial charge < -0.3 is 4.74 Å². The van der Waals surface area contributed by atoms with Crippen LogP contribution in [-0.4, -0.2) is 16.1 Å². The molecule has 1 aromatic heterocycles. The van der Waals surface area contributed by atoms with Crippen LogP contribution < -0.4 is 4.74 Å². The van der Waals surface area contributed by atoms with E-state index in [2.05, 4.69) is 17.1 Å². The van der Waals surface area contributed by atoms with E-state index in [1.165, 1.54) is 25.7 Å². The number of nitrogens with zero attached hydrogens (tertiary/aromatic N) is 2. The zero-order valence-corrected chi connectivity index (χ0v) is 12.7. The van der Waals surface area contributed by atoms with Crippen molar-refractivity contribution in [2.75, 3.05) is 0 Å². The van der Waals surface area contributed by atoms with Crippen molar-refractivity contribution in [2.24, 2.45) is 0 Å². The van der Waals surface area contributed by atoms with Gasteiger partial charge in [0.15, 0.2) is 0 Å². The lowest BCUT2D eigenvalue weighted by molar-refractivity contribution is 0.303. The van der Waals surface area contributed by atoms with Gasteiger partial charge in [-0.05, 0) is 56.9 Å². The van der Waals surface area contributed by atoms with Gasteiger partial charge in [0.05, 0.1) is 11.8 Å². The zero-order valence-electron chi connectivity index (χ0n) is 12.0. The predicted molar refractivity (Wildman–Crippen MR) is 82.8 cm³/mol. The molecule has 0 aliphatic heterocycles. The smallest absolute Gasteiger partial charge is 0.136 e. The van der Waals surface area contributed by atoms with E-state index in [9.17, 15) is 0 Å². The number of hydrogen-bond acceptors (Lipinski definition) is 3. The van der Waals surface area contributed by atoms with Crippen LogP contribution in [0.4, 0.5) is 0 Å². The molecule has 0 N–H and O–H groups in total. The molecule has 0 radical (unpaired) electrons. The van der Waals surface area contributed by atoms with Crippen LogP contribution in [0.25, 0.3) is 11.3 Å². The van der Waals surface area contributed by atoms with E-state index in [0.29, 0.717) is 17.2 Å². The van der Waals surface area contributed by atoms with E-state index < -0.39 is 0 Å². The first kappa shape index (κ1) is 13.1. The van der Waals surface area contributed by atoms with Crippen LogP contribution in [-0.2, 0) is 0 Å². The minimum absolute atomic E-state index is 0.424. The number of rotatable bonds is 4. The Morgan fingerprint density at radius 1 is 1.05 bits per heavy atom. The average molecular weight is 301 g/mol. The van der Waals surface area contributed by atoms with Gasteiger partial charge in [0.2, 0.25) is 0 Å². The Bertz CT molecular complexity index is 676. The third kappa shape index (κ3) is 2.75. The summed E-state index contributed by atoms with van der Waals surface area (Å²) in [6.45, 7) is 1.98. The molecule has 4 heteroatoms. The van der Waals surface area contributed by atoms with E-state index in [-0.39, 0.29) is 0 Å². The molecule has 2 aliphatic carbocycles. The van der Waals surface area contributed by atoms with Crippen LogP contribution in [0.2, 0.25) is 5.15 Å². The second kappa shape index (κ2) is 4.99. The van der Waals surface area contributed by atoms with Gasteiger partial charge in [-0.15, -0.1) is 0 Å². The predicted octanol–water partition coefficient (Wildman–Crippen LogP) is 4.52. The molecular weight excluding hydrogens is 284 g/mol. The third-order valence-corrected chi connectivity index (χ3v) is 4.37. The van der Waals surface area contributed by atoms with Gasteiger partial charge in [-0.2, -0.15) is 0 Å². The molecule has 0 unspecified atom stereocenters. The molecule has 4 rings (SSSR count). The van der Waals surface area contributed by atoms with Crippen LogP contribution in [0, 0.1) is 6.92 Å². The van der Waals surface area contributed by atoms with Crippen LogP contribution in [0.5, 0.6) is 5.75 Å². The van der Waals surface area contributed by atoms with Crippen molar-refractivity contribution in [3.8, 4) is 17.0 Å². The van der Waals surface area contributed by atoms with E-state index in [4.69, 9.17) is 21.3 Å². The van der Waals surface area contributed by atoms with Gasteiger partial charge in [0.1, 0.15) is 16.7 Å². The largest absolute Gasteiger partial charge is 0.490 e. The van der Waals surface area contributed by atoms with Gasteiger partial charge in [0.25, 0.3) is 0 Å². The van der Waals surface area contributed by atoms with Crippen LogP contribution >= 0.6 is 11.6 Å². The van der Waals surface area contributed by atoms with Crippen molar-refractivity contribution in [2.45, 2.75) is 44.6 Å². The molecule has 2 aliphatic rings. The molecule has 0 spiro atoms. The summed E-state index contributed by atoms with van der Waals surface area (Å²) in [4.78, 5) is 9.15. The SMILES string of the molecule is Cc1c(Cl)nc(C2CC2)nc1-c1ccc(OC2CC2)cc1. The minimum atomic E-state index is 0.424. The maximum Gasteiger partial charge on any atom is 0.136 e. The summed E-state index contributed by atoms with van der Waals surface area (Å²) < 4.78 is 5.78. The monoisotopic (exact) mass is 300 g/mol.